The lowest BCUT2D eigenvalue weighted by atomic mass is 10.3. The average molecular weight is 279 g/mol. The Bertz CT molecular complexity index is 617. The maximum absolute atomic E-state index is 11.3. The lowest BCUT2D eigenvalue weighted by Crippen LogP contribution is -2.03. The molecule has 0 atom stereocenters. The smallest absolute Gasteiger partial charge is 0.356 e. The summed E-state index contributed by atoms with van der Waals surface area (Å²) in [6, 6.07) is 8.02. The molecule has 0 aliphatic heterocycles. The summed E-state index contributed by atoms with van der Waals surface area (Å²) >= 11 is 5.89. The van der Waals surface area contributed by atoms with Gasteiger partial charge in [0.25, 0.3) is 0 Å². The summed E-state index contributed by atoms with van der Waals surface area (Å²) in [6.07, 6.45) is 1.46. The van der Waals surface area contributed by atoms with Crippen LogP contribution in [0, 0.1) is 0 Å². The Hall–Kier alpha value is -2.27. The molecule has 0 fully saturated rings. The number of aromatic nitrogens is 1. The number of methoxy groups -OCH3 is 1. The minimum absolute atomic E-state index is 0.168. The molecule has 1 aromatic carbocycles. The van der Waals surface area contributed by atoms with Crippen LogP contribution in [0.3, 0.4) is 0 Å². The normalized spacial score (nSPS) is 10.0. The number of nitrogens with two attached hydrogens (primary N) is 1. The number of pyridine rings is 1. The van der Waals surface area contributed by atoms with Gasteiger partial charge in [-0.2, -0.15) is 0 Å². The summed E-state index contributed by atoms with van der Waals surface area (Å²) in [5.74, 6) is 0.443. The number of nitrogen functional groups attached to an aromatic ring is 1. The first-order valence-electron chi connectivity index (χ1n) is 5.37. The molecule has 0 spiro atoms. The third-order valence-electron chi connectivity index (χ3n) is 2.33. The third kappa shape index (κ3) is 3.14. The minimum Gasteiger partial charge on any atom is -0.464 e. The van der Waals surface area contributed by atoms with Crippen molar-refractivity contribution >= 4 is 23.3 Å². The molecule has 2 N–H and O–H groups in total. The highest BCUT2D eigenvalue weighted by Gasteiger charge is 2.09. The summed E-state index contributed by atoms with van der Waals surface area (Å²) in [7, 11) is 1.29. The minimum atomic E-state index is -0.527. The van der Waals surface area contributed by atoms with Crippen molar-refractivity contribution in [2.45, 2.75) is 0 Å². The molecule has 0 bridgehead atoms. The molecule has 0 saturated heterocycles. The summed E-state index contributed by atoms with van der Waals surface area (Å²) in [5.41, 5.74) is 6.24. The number of esters is 1. The van der Waals surface area contributed by atoms with Gasteiger partial charge in [-0.05, 0) is 18.2 Å². The largest absolute Gasteiger partial charge is 0.464 e. The number of carbonyl (C=O) groups is 1. The van der Waals surface area contributed by atoms with Crippen molar-refractivity contribution in [3.8, 4) is 11.5 Å². The number of halogens is 1. The van der Waals surface area contributed by atoms with Gasteiger partial charge in [-0.1, -0.05) is 11.6 Å². The van der Waals surface area contributed by atoms with Gasteiger partial charge >= 0.3 is 5.97 Å². The molecule has 0 aliphatic rings. The van der Waals surface area contributed by atoms with Gasteiger partial charge in [-0.25, -0.2) is 9.78 Å². The predicted octanol–water partition coefficient (Wildman–Crippen LogP) is 2.90. The van der Waals surface area contributed by atoms with Gasteiger partial charge in [0.2, 0.25) is 0 Å². The van der Waals surface area contributed by atoms with Crippen molar-refractivity contribution in [3.63, 3.8) is 0 Å². The molecule has 0 aliphatic carbocycles. The van der Waals surface area contributed by atoms with E-state index in [9.17, 15) is 4.79 Å². The topological polar surface area (TPSA) is 74.4 Å². The summed E-state index contributed by atoms with van der Waals surface area (Å²) in [4.78, 5) is 15.2. The molecule has 6 heteroatoms. The SMILES string of the molecule is COC(=O)c1cc(Oc2ccc(N)c(Cl)c2)ccn1. The van der Waals surface area contributed by atoms with E-state index in [1.807, 2.05) is 0 Å². The molecule has 98 valence electrons. The van der Waals surface area contributed by atoms with Crippen LogP contribution in [0.2, 0.25) is 5.02 Å². The second-order valence-corrected chi connectivity index (χ2v) is 4.06. The number of nitrogens with zero attached hydrogens (tertiary/aromatic N) is 1. The zero-order valence-corrected chi connectivity index (χ0v) is 10.8. The van der Waals surface area contributed by atoms with E-state index >= 15 is 0 Å². The maximum Gasteiger partial charge on any atom is 0.356 e. The fourth-order valence-electron chi connectivity index (χ4n) is 1.40. The molecule has 19 heavy (non-hydrogen) atoms. The van der Waals surface area contributed by atoms with E-state index in [2.05, 4.69) is 9.72 Å². The molecule has 1 aromatic heterocycles. The third-order valence-corrected chi connectivity index (χ3v) is 2.66. The molecule has 2 rings (SSSR count). The number of ether oxygens (including phenoxy) is 2. The van der Waals surface area contributed by atoms with Crippen molar-refractivity contribution in [2.75, 3.05) is 12.8 Å². The Kier molecular flexibility index (Phi) is 3.87. The lowest BCUT2D eigenvalue weighted by molar-refractivity contribution is 0.0593. The fraction of sp³-hybridized carbons (Fsp3) is 0.0769. The van der Waals surface area contributed by atoms with Gasteiger partial charge in [0.05, 0.1) is 17.8 Å². The quantitative estimate of drug-likeness (QED) is 0.690. The number of hydrogen-bond donors (Lipinski definition) is 1. The zero-order chi connectivity index (χ0) is 13.8. The highest BCUT2D eigenvalue weighted by Crippen LogP contribution is 2.28. The standard InChI is InChI=1S/C13H11ClN2O3/c1-18-13(17)12-7-9(4-5-16-12)19-8-2-3-11(15)10(14)6-8/h2-7H,15H2,1H3. The van der Waals surface area contributed by atoms with Crippen LogP contribution < -0.4 is 10.5 Å². The Morgan fingerprint density at radius 2 is 2.00 bits per heavy atom. The Balaban J connectivity index is 2.23. The summed E-state index contributed by atoms with van der Waals surface area (Å²) in [6.45, 7) is 0. The number of benzene rings is 1. The van der Waals surface area contributed by atoms with E-state index < -0.39 is 5.97 Å². The van der Waals surface area contributed by atoms with Crippen LogP contribution in [-0.2, 0) is 4.74 Å². The highest BCUT2D eigenvalue weighted by molar-refractivity contribution is 6.33. The second kappa shape index (κ2) is 5.58. The van der Waals surface area contributed by atoms with Gasteiger partial charge in [0, 0.05) is 18.3 Å². The Morgan fingerprint density at radius 1 is 1.26 bits per heavy atom. The van der Waals surface area contributed by atoms with Crippen molar-refractivity contribution in [1.29, 1.82) is 0 Å². The van der Waals surface area contributed by atoms with E-state index in [0.29, 0.717) is 22.2 Å². The van der Waals surface area contributed by atoms with Crippen molar-refractivity contribution in [3.05, 3.63) is 47.2 Å². The van der Waals surface area contributed by atoms with E-state index in [4.69, 9.17) is 22.1 Å². The van der Waals surface area contributed by atoms with Crippen LogP contribution in [-0.4, -0.2) is 18.1 Å². The van der Waals surface area contributed by atoms with Crippen LogP contribution >= 0.6 is 11.6 Å². The van der Waals surface area contributed by atoms with Crippen LogP contribution in [0.15, 0.2) is 36.5 Å². The van der Waals surface area contributed by atoms with Crippen LogP contribution in [0.5, 0.6) is 11.5 Å². The number of rotatable bonds is 3. The molecule has 0 amide bonds. The Labute approximate surface area is 114 Å². The summed E-state index contributed by atoms with van der Waals surface area (Å²) < 4.78 is 10.1. The van der Waals surface area contributed by atoms with E-state index in [1.165, 1.54) is 19.4 Å². The van der Waals surface area contributed by atoms with Gasteiger partial charge in [0.1, 0.15) is 11.5 Å². The van der Waals surface area contributed by atoms with Gasteiger partial charge in [-0.3, -0.25) is 0 Å². The van der Waals surface area contributed by atoms with Gasteiger partial charge in [-0.15, -0.1) is 0 Å². The Morgan fingerprint density at radius 3 is 2.68 bits per heavy atom. The van der Waals surface area contributed by atoms with E-state index in [0.717, 1.165) is 0 Å². The van der Waals surface area contributed by atoms with Crippen molar-refractivity contribution < 1.29 is 14.3 Å². The molecule has 5 nitrogen and oxygen atoms in total. The monoisotopic (exact) mass is 278 g/mol. The molecular formula is C13H11ClN2O3. The van der Waals surface area contributed by atoms with Gasteiger partial charge in [0.15, 0.2) is 5.69 Å². The zero-order valence-electron chi connectivity index (χ0n) is 10.1. The van der Waals surface area contributed by atoms with Gasteiger partial charge < -0.3 is 15.2 Å². The van der Waals surface area contributed by atoms with Crippen LogP contribution in [0.25, 0.3) is 0 Å². The summed E-state index contributed by atoms with van der Waals surface area (Å²) in [5, 5.41) is 0.403. The molecule has 1 heterocycles. The maximum atomic E-state index is 11.3. The van der Waals surface area contributed by atoms with Crippen molar-refractivity contribution in [1.82, 2.24) is 4.98 Å². The second-order valence-electron chi connectivity index (χ2n) is 3.65. The number of carbonyl (C=O) groups excluding carboxylic acids is 1. The first kappa shape index (κ1) is 13.2. The van der Waals surface area contributed by atoms with E-state index in [1.54, 1.807) is 24.3 Å². The van der Waals surface area contributed by atoms with Crippen LogP contribution in [0.1, 0.15) is 10.5 Å². The molecule has 0 unspecified atom stereocenters. The number of anilines is 1. The highest BCUT2D eigenvalue weighted by atomic mass is 35.5. The first-order valence-corrected chi connectivity index (χ1v) is 5.75. The molecule has 0 saturated carbocycles. The lowest BCUT2D eigenvalue weighted by Gasteiger charge is -2.07. The first-order chi connectivity index (χ1) is 9.10. The molecule has 0 radical (unpaired) electrons. The number of hydrogen-bond acceptors (Lipinski definition) is 5. The van der Waals surface area contributed by atoms with E-state index in [-0.39, 0.29) is 5.69 Å². The average Bonchev–Trinajstić information content (AvgIpc) is 2.42. The molecular weight excluding hydrogens is 268 g/mol. The fourth-order valence-corrected chi connectivity index (χ4v) is 1.57. The van der Waals surface area contributed by atoms with Crippen molar-refractivity contribution in [2.24, 2.45) is 0 Å². The molecule has 2 aromatic rings. The van der Waals surface area contributed by atoms with Crippen LogP contribution in [0.4, 0.5) is 5.69 Å². The predicted molar refractivity (Wildman–Crippen MR) is 71.5 cm³/mol.